The molecule has 0 saturated heterocycles. The van der Waals surface area contributed by atoms with E-state index in [1.54, 1.807) is 18.4 Å². The Morgan fingerprint density at radius 2 is 2.24 bits per heavy atom. The average Bonchev–Trinajstić information content (AvgIpc) is 2.99. The number of rotatable bonds is 4. The molecule has 0 radical (unpaired) electrons. The number of furan rings is 1. The van der Waals surface area contributed by atoms with Gasteiger partial charge in [-0.3, -0.25) is 4.79 Å². The Hall–Kier alpha value is -2.63. The summed E-state index contributed by atoms with van der Waals surface area (Å²) in [5.74, 6) is 1.37. The van der Waals surface area contributed by atoms with Gasteiger partial charge in [0.2, 0.25) is 5.91 Å². The smallest absolute Gasteiger partial charge is 0.239 e. The van der Waals surface area contributed by atoms with Crippen LogP contribution < -0.4 is 20.7 Å². The van der Waals surface area contributed by atoms with Crippen molar-refractivity contribution in [3.8, 4) is 5.75 Å². The second kappa shape index (κ2) is 5.78. The van der Waals surface area contributed by atoms with E-state index >= 15 is 0 Å². The predicted molar refractivity (Wildman–Crippen MR) is 79.1 cm³/mol. The number of para-hydroxylation sites is 1. The first-order chi connectivity index (χ1) is 10.2. The van der Waals surface area contributed by atoms with E-state index in [2.05, 4.69) is 5.32 Å². The first-order valence-corrected chi connectivity index (χ1v) is 6.79. The standard InChI is InChI=1S/C15H17N3O3/c16-12-4-1-5-13-15(12)18(6-8-21-13)10-14(19)17-9-11-3-2-7-20-11/h1-5,7H,6,8-10,16H2,(H,17,19). The number of anilines is 2. The van der Waals surface area contributed by atoms with E-state index in [9.17, 15) is 4.79 Å². The van der Waals surface area contributed by atoms with Crippen LogP contribution >= 0.6 is 0 Å². The topological polar surface area (TPSA) is 80.7 Å². The van der Waals surface area contributed by atoms with Crippen molar-refractivity contribution < 1.29 is 13.9 Å². The summed E-state index contributed by atoms with van der Waals surface area (Å²) in [6, 6.07) is 9.12. The largest absolute Gasteiger partial charge is 0.489 e. The Bertz CT molecular complexity index is 625. The van der Waals surface area contributed by atoms with Gasteiger partial charge in [-0.1, -0.05) is 6.07 Å². The molecule has 3 N–H and O–H groups in total. The van der Waals surface area contributed by atoms with Crippen LogP contribution in [0.2, 0.25) is 0 Å². The third-order valence-electron chi connectivity index (χ3n) is 3.34. The predicted octanol–water partition coefficient (Wildman–Crippen LogP) is 1.38. The van der Waals surface area contributed by atoms with Crippen LogP contribution in [0.3, 0.4) is 0 Å². The minimum Gasteiger partial charge on any atom is -0.489 e. The van der Waals surface area contributed by atoms with Crippen LogP contribution in [0.15, 0.2) is 41.0 Å². The lowest BCUT2D eigenvalue weighted by molar-refractivity contribution is -0.120. The number of ether oxygens (including phenoxy) is 1. The van der Waals surface area contributed by atoms with Gasteiger partial charge in [-0.05, 0) is 24.3 Å². The fraction of sp³-hybridized carbons (Fsp3) is 0.267. The number of benzene rings is 1. The Kier molecular flexibility index (Phi) is 3.68. The monoisotopic (exact) mass is 287 g/mol. The molecular weight excluding hydrogens is 270 g/mol. The van der Waals surface area contributed by atoms with E-state index in [1.807, 2.05) is 23.1 Å². The molecule has 0 fully saturated rings. The quantitative estimate of drug-likeness (QED) is 0.830. The maximum Gasteiger partial charge on any atom is 0.239 e. The van der Waals surface area contributed by atoms with E-state index in [-0.39, 0.29) is 12.5 Å². The van der Waals surface area contributed by atoms with Gasteiger partial charge in [-0.15, -0.1) is 0 Å². The molecule has 2 heterocycles. The molecule has 0 spiro atoms. The third-order valence-corrected chi connectivity index (χ3v) is 3.34. The van der Waals surface area contributed by atoms with E-state index in [4.69, 9.17) is 14.9 Å². The summed E-state index contributed by atoms with van der Waals surface area (Å²) in [6.45, 7) is 1.80. The lowest BCUT2D eigenvalue weighted by Gasteiger charge is -2.31. The first-order valence-electron chi connectivity index (χ1n) is 6.79. The van der Waals surface area contributed by atoms with E-state index in [0.29, 0.717) is 25.4 Å². The third kappa shape index (κ3) is 2.94. The molecule has 3 rings (SSSR count). The summed E-state index contributed by atoms with van der Waals surface area (Å²) >= 11 is 0. The molecule has 0 atom stereocenters. The fourth-order valence-corrected chi connectivity index (χ4v) is 2.36. The van der Waals surface area contributed by atoms with Crippen molar-refractivity contribution in [1.29, 1.82) is 0 Å². The van der Waals surface area contributed by atoms with Gasteiger partial charge in [-0.2, -0.15) is 0 Å². The number of hydrogen-bond donors (Lipinski definition) is 2. The second-order valence-corrected chi connectivity index (χ2v) is 4.82. The van der Waals surface area contributed by atoms with Crippen molar-refractivity contribution in [3.05, 3.63) is 42.4 Å². The summed E-state index contributed by atoms with van der Waals surface area (Å²) in [4.78, 5) is 14.0. The van der Waals surface area contributed by atoms with Crippen LogP contribution in [0, 0.1) is 0 Å². The molecule has 1 amide bonds. The van der Waals surface area contributed by atoms with Gasteiger partial charge >= 0.3 is 0 Å². The van der Waals surface area contributed by atoms with Crippen LogP contribution in [-0.4, -0.2) is 25.6 Å². The van der Waals surface area contributed by atoms with Crippen molar-refractivity contribution in [2.75, 3.05) is 30.3 Å². The van der Waals surface area contributed by atoms with Crippen LogP contribution in [0.4, 0.5) is 11.4 Å². The van der Waals surface area contributed by atoms with E-state index < -0.39 is 0 Å². The minimum absolute atomic E-state index is 0.0810. The molecule has 1 aliphatic rings. The van der Waals surface area contributed by atoms with Gasteiger partial charge in [0.15, 0.2) is 0 Å². The van der Waals surface area contributed by atoms with E-state index in [1.165, 1.54) is 0 Å². The van der Waals surface area contributed by atoms with Crippen LogP contribution in [0.1, 0.15) is 5.76 Å². The number of nitrogen functional groups attached to an aromatic ring is 1. The summed E-state index contributed by atoms with van der Waals surface area (Å²) in [7, 11) is 0. The number of carbonyl (C=O) groups excluding carboxylic acids is 1. The number of nitrogens with one attached hydrogen (secondary N) is 1. The average molecular weight is 287 g/mol. The highest BCUT2D eigenvalue weighted by Crippen LogP contribution is 2.36. The molecule has 1 aromatic carbocycles. The van der Waals surface area contributed by atoms with Crippen molar-refractivity contribution in [2.45, 2.75) is 6.54 Å². The zero-order chi connectivity index (χ0) is 14.7. The van der Waals surface area contributed by atoms with Gasteiger partial charge in [0.1, 0.15) is 23.8 Å². The van der Waals surface area contributed by atoms with Crippen LogP contribution in [0.5, 0.6) is 5.75 Å². The number of nitrogens with two attached hydrogens (primary N) is 1. The molecule has 0 unspecified atom stereocenters. The Morgan fingerprint density at radius 3 is 3.05 bits per heavy atom. The Labute approximate surface area is 122 Å². The highest BCUT2D eigenvalue weighted by molar-refractivity contribution is 5.85. The van der Waals surface area contributed by atoms with Gasteiger partial charge < -0.3 is 25.1 Å². The van der Waals surface area contributed by atoms with Crippen molar-refractivity contribution in [1.82, 2.24) is 5.32 Å². The number of amides is 1. The van der Waals surface area contributed by atoms with E-state index in [0.717, 1.165) is 17.2 Å². The van der Waals surface area contributed by atoms with Gasteiger partial charge in [0, 0.05) is 0 Å². The van der Waals surface area contributed by atoms with Gasteiger partial charge in [0.25, 0.3) is 0 Å². The Morgan fingerprint density at radius 1 is 1.33 bits per heavy atom. The van der Waals surface area contributed by atoms with Gasteiger partial charge in [0.05, 0.1) is 31.6 Å². The maximum absolute atomic E-state index is 12.1. The normalized spacial score (nSPS) is 13.4. The van der Waals surface area contributed by atoms with Crippen molar-refractivity contribution >= 4 is 17.3 Å². The van der Waals surface area contributed by atoms with Crippen LogP contribution in [-0.2, 0) is 11.3 Å². The molecule has 6 heteroatoms. The molecular formula is C15H17N3O3. The fourth-order valence-electron chi connectivity index (χ4n) is 2.36. The van der Waals surface area contributed by atoms with Gasteiger partial charge in [-0.25, -0.2) is 0 Å². The number of carbonyl (C=O) groups is 1. The summed E-state index contributed by atoms with van der Waals surface area (Å²) in [6.07, 6.45) is 1.58. The number of nitrogens with zero attached hydrogens (tertiary/aromatic N) is 1. The number of fused-ring (bicyclic) bond motifs is 1. The maximum atomic E-state index is 12.1. The SMILES string of the molecule is Nc1cccc2c1N(CC(=O)NCc1ccco1)CCO2. The Balaban J connectivity index is 1.65. The molecule has 1 aromatic heterocycles. The summed E-state index contributed by atoms with van der Waals surface area (Å²) in [5.41, 5.74) is 7.40. The molecule has 2 aromatic rings. The molecule has 1 aliphatic heterocycles. The molecule has 21 heavy (non-hydrogen) atoms. The lowest BCUT2D eigenvalue weighted by atomic mass is 10.2. The summed E-state index contributed by atoms with van der Waals surface area (Å²) < 4.78 is 10.7. The molecule has 6 nitrogen and oxygen atoms in total. The van der Waals surface area contributed by atoms with Crippen molar-refractivity contribution in [3.63, 3.8) is 0 Å². The molecule has 0 saturated carbocycles. The zero-order valence-electron chi connectivity index (χ0n) is 11.5. The lowest BCUT2D eigenvalue weighted by Crippen LogP contribution is -2.41. The highest BCUT2D eigenvalue weighted by Gasteiger charge is 2.22. The molecule has 0 aliphatic carbocycles. The highest BCUT2D eigenvalue weighted by atomic mass is 16.5. The minimum atomic E-state index is -0.0810. The second-order valence-electron chi connectivity index (χ2n) is 4.82. The van der Waals surface area contributed by atoms with Crippen LogP contribution in [0.25, 0.3) is 0 Å². The molecule has 0 bridgehead atoms. The molecule has 110 valence electrons. The van der Waals surface area contributed by atoms with Crippen molar-refractivity contribution in [2.24, 2.45) is 0 Å². The number of hydrogen-bond acceptors (Lipinski definition) is 5. The first kappa shape index (κ1) is 13.4. The summed E-state index contributed by atoms with van der Waals surface area (Å²) in [5, 5.41) is 2.83. The zero-order valence-corrected chi connectivity index (χ0v) is 11.5.